The molecule has 152 valence electrons. The average Bonchev–Trinajstić information content (AvgIpc) is 3.07. The van der Waals surface area contributed by atoms with Crippen LogP contribution in [0.25, 0.3) is 11.2 Å². The molecule has 2 aromatic heterocycles. The van der Waals surface area contributed by atoms with Crippen LogP contribution < -0.4 is 5.56 Å². The fourth-order valence-electron chi connectivity index (χ4n) is 3.24. The smallest absolute Gasteiger partial charge is 0.279 e. The second-order valence-corrected chi connectivity index (χ2v) is 7.87. The molecule has 28 heavy (non-hydrogen) atoms. The molecule has 1 fully saturated rings. The van der Waals surface area contributed by atoms with E-state index in [0.29, 0.717) is 17.9 Å². The maximum Gasteiger partial charge on any atom is 0.279 e. The number of aromatic nitrogens is 4. The van der Waals surface area contributed by atoms with E-state index in [1.54, 1.807) is 18.2 Å². The first kappa shape index (κ1) is 20.8. The average molecular weight is 411 g/mol. The number of ether oxygens (including phenoxy) is 1. The fraction of sp³-hybridized carbons (Fsp3) is 0.647. The Morgan fingerprint density at radius 1 is 1.57 bits per heavy atom. The number of halogens is 1. The SMILES string of the molecule is CCC1OCC(n2cnc3c(=O)[nH]c(C)nc32)C(F)C1OP(C)OCCC#N. The summed E-state index contributed by atoms with van der Waals surface area (Å²) in [5, 5.41) is 8.61. The Labute approximate surface area is 162 Å². The predicted octanol–water partition coefficient (Wildman–Crippen LogP) is 2.37. The summed E-state index contributed by atoms with van der Waals surface area (Å²) in [6.07, 6.45) is -0.403. The van der Waals surface area contributed by atoms with Crippen LogP contribution in [0.2, 0.25) is 0 Å². The molecule has 5 atom stereocenters. The summed E-state index contributed by atoms with van der Waals surface area (Å²) in [7, 11) is -1.36. The maximum atomic E-state index is 15.5. The lowest BCUT2D eigenvalue weighted by Crippen LogP contribution is -2.49. The predicted molar refractivity (Wildman–Crippen MR) is 101 cm³/mol. The molecule has 1 saturated heterocycles. The van der Waals surface area contributed by atoms with Gasteiger partial charge in [0.2, 0.25) is 0 Å². The third-order valence-electron chi connectivity index (χ3n) is 4.60. The first-order chi connectivity index (χ1) is 13.5. The maximum absolute atomic E-state index is 15.5. The summed E-state index contributed by atoms with van der Waals surface area (Å²) < 4.78 is 34.3. The highest BCUT2D eigenvalue weighted by Gasteiger charge is 2.43. The lowest BCUT2D eigenvalue weighted by Gasteiger charge is -2.39. The van der Waals surface area contributed by atoms with Crippen molar-refractivity contribution in [1.82, 2.24) is 19.5 Å². The summed E-state index contributed by atoms with van der Waals surface area (Å²) in [6.45, 7) is 5.65. The first-order valence-electron chi connectivity index (χ1n) is 9.05. The van der Waals surface area contributed by atoms with Crippen molar-refractivity contribution in [3.63, 3.8) is 0 Å². The molecular formula is C17H23FN5O4P. The van der Waals surface area contributed by atoms with Crippen LogP contribution in [-0.2, 0) is 13.8 Å². The number of nitrogens with zero attached hydrogens (tertiary/aromatic N) is 4. The number of H-pyrrole nitrogens is 1. The standard InChI is InChI=1S/C17H23FN5O4P/c1-4-12-15(27-28(3)26-7-5-6-19)13(18)11(8-25-12)23-9-20-14-16(23)21-10(2)22-17(14)24/h9,11-13,15H,4-5,7-8H2,1-3H3,(H,21,22,24). The number of imidazole rings is 1. The molecule has 1 N–H and O–H groups in total. The van der Waals surface area contributed by atoms with E-state index >= 15 is 4.39 Å². The number of aromatic amines is 1. The van der Waals surface area contributed by atoms with E-state index in [1.807, 2.05) is 13.0 Å². The fourth-order valence-corrected chi connectivity index (χ4v) is 4.25. The van der Waals surface area contributed by atoms with Crippen molar-refractivity contribution in [3.05, 3.63) is 22.5 Å². The monoisotopic (exact) mass is 411 g/mol. The van der Waals surface area contributed by atoms with Crippen LogP contribution in [0, 0.1) is 18.3 Å². The number of hydrogen-bond donors (Lipinski definition) is 1. The third kappa shape index (κ3) is 4.23. The minimum absolute atomic E-state index is 0.120. The molecule has 5 unspecified atom stereocenters. The van der Waals surface area contributed by atoms with Crippen LogP contribution >= 0.6 is 8.38 Å². The molecule has 2 aromatic rings. The summed E-state index contributed by atoms with van der Waals surface area (Å²) in [5.74, 6) is 0.425. The lowest BCUT2D eigenvalue weighted by atomic mass is 9.97. The number of aryl methyl sites for hydroxylation is 1. The molecule has 3 heterocycles. The first-order valence-corrected chi connectivity index (χ1v) is 10.7. The topological polar surface area (TPSA) is 115 Å². The summed E-state index contributed by atoms with van der Waals surface area (Å²) >= 11 is 0. The van der Waals surface area contributed by atoms with Crippen LogP contribution in [0.4, 0.5) is 4.39 Å². The molecule has 0 bridgehead atoms. The van der Waals surface area contributed by atoms with Gasteiger partial charge in [-0.15, -0.1) is 0 Å². The summed E-state index contributed by atoms with van der Waals surface area (Å²) in [6, 6.07) is 1.27. The highest BCUT2D eigenvalue weighted by Crippen LogP contribution is 2.42. The molecule has 3 rings (SSSR count). The van der Waals surface area contributed by atoms with E-state index in [2.05, 4.69) is 15.0 Å². The second kappa shape index (κ2) is 9.05. The van der Waals surface area contributed by atoms with Crippen LogP contribution in [0.1, 0.15) is 31.6 Å². The van der Waals surface area contributed by atoms with Gasteiger partial charge in [-0.05, 0) is 13.3 Å². The van der Waals surface area contributed by atoms with Gasteiger partial charge in [0.15, 0.2) is 25.7 Å². The molecule has 0 saturated carbocycles. The largest absolute Gasteiger partial charge is 0.373 e. The van der Waals surface area contributed by atoms with Gasteiger partial charge >= 0.3 is 0 Å². The van der Waals surface area contributed by atoms with Crippen molar-refractivity contribution in [2.45, 2.75) is 51.1 Å². The number of fused-ring (bicyclic) bond motifs is 1. The molecule has 0 amide bonds. The van der Waals surface area contributed by atoms with Gasteiger partial charge in [-0.3, -0.25) is 4.79 Å². The molecule has 11 heteroatoms. The Morgan fingerprint density at radius 2 is 2.36 bits per heavy atom. The van der Waals surface area contributed by atoms with Crippen molar-refractivity contribution in [3.8, 4) is 6.07 Å². The molecule has 0 spiro atoms. The summed E-state index contributed by atoms with van der Waals surface area (Å²) in [4.78, 5) is 23.0. The van der Waals surface area contributed by atoms with E-state index < -0.39 is 32.8 Å². The Kier molecular flexibility index (Phi) is 6.73. The molecule has 1 aliphatic rings. The van der Waals surface area contributed by atoms with Gasteiger partial charge in [0.25, 0.3) is 5.56 Å². The number of nitriles is 1. The van der Waals surface area contributed by atoms with Crippen molar-refractivity contribution in [2.75, 3.05) is 19.9 Å². The molecule has 0 aliphatic carbocycles. The Bertz CT molecular complexity index is 913. The number of alkyl halides is 1. The molecule has 0 radical (unpaired) electrons. The van der Waals surface area contributed by atoms with Gasteiger partial charge in [-0.1, -0.05) is 6.92 Å². The highest BCUT2D eigenvalue weighted by atomic mass is 31.2. The molecule has 0 aromatic carbocycles. The quantitative estimate of drug-likeness (QED) is 0.549. The zero-order valence-corrected chi connectivity index (χ0v) is 16.9. The Hall–Kier alpha value is -1.92. The van der Waals surface area contributed by atoms with Crippen LogP contribution in [0.15, 0.2) is 11.1 Å². The molecule has 9 nitrogen and oxygen atoms in total. The van der Waals surface area contributed by atoms with Gasteiger partial charge in [0.05, 0.1) is 44.2 Å². The van der Waals surface area contributed by atoms with Crippen molar-refractivity contribution < 1.29 is 18.2 Å². The zero-order valence-electron chi connectivity index (χ0n) is 16.0. The van der Waals surface area contributed by atoms with E-state index in [9.17, 15) is 4.79 Å². The van der Waals surface area contributed by atoms with E-state index in [1.165, 1.54) is 6.33 Å². The van der Waals surface area contributed by atoms with Crippen molar-refractivity contribution in [1.29, 1.82) is 5.26 Å². The zero-order chi connectivity index (χ0) is 20.3. The highest BCUT2D eigenvalue weighted by molar-refractivity contribution is 7.46. The van der Waals surface area contributed by atoms with Crippen molar-refractivity contribution in [2.24, 2.45) is 0 Å². The van der Waals surface area contributed by atoms with Gasteiger partial charge < -0.3 is 23.3 Å². The summed E-state index contributed by atoms with van der Waals surface area (Å²) in [5.41, 5.74) is 0.108. The normalized spacial score (nSPS) is 26.2. The van der Waals surface area contributed by atoms with Crippen LogP contribution in [-0.4, -0.2) is 57.8 Å². The molecular weight excluding hydrogens is 388 g/mol. The van der Waals surface area contributed by atoms with Crippen LogP contribution in [0.5, 0.6) is 0 Å². The minimum Gasteiger partial charge on any atom is -0.373 e. The number of nitrogens with one attached hydrogen (secondary N) is 1. The lowest BCUT2D eigenvalue weighted by molar-refractivity contribution is -0.125. The van der Waals surface area contributed by atoms with Crippen LogP contribution in [0.3, 0.4) is 0 Å². The van der Waals surface area contributed by atoms with Crippen molar-refractivity contribution >= 4 is 19.5 Å². The van der Waals surface area contributed by atoms with E-state index in [-0.39, 0.29) is 30.7 Å². The minimum atomic E-state index is -1.40. The van der Waals surface area contributed by atoms with E-state index in [0.717, 1.165) is 0 Å². The number of rotatable bonds is 7. The number of hydrogen-bond acceptors (Lipinski definition) is 7. The van der Waals surface area contributed by atoms with Gasteiger partial charge in [-0.25, -0.2) is 14.4 Å². The van der Waals surface area contributed by atoms with Gasteiger partial charge in [0, 0.05) is 6.66 Å². The Morgan fingerprint density at radius 3 is 3.07 bits per heavy atom. The third-order valence-corrected chi connectivity index (χ3v) is 5.68. The van der Waals surface area contributed by atoms with Gasteiger partial charge in [-0.2, -0.15) is 5.26 Å². The Balaban J connectivity index is 1.84. The van der Waals surface area contributed by atoms with E-state index in [4.69, 9.17) is 19.0 Å². The molecule has 1 aliphatic heterocycles. The van der Waals surface area contributed by atoms with Gasteiger partial charge in [0.1, 0.15) is 11.9 Å². The second-order valence-electron chi connectivity index (χ2n) is 6.52.